The molecule has 2 amide bonds. The number of nitrogens with one attached hydrogen (secondary N) is 1. The van der Waals surface area contributed by atoms with Crippen molar-refractivity contribution in [3.8, 4) is 11.1 Å². The maximum Gasteiger partial charge on any atom is 0.360 e. The summed E-state index contributed by atoms with van der Waals surface area (Å²) in [6.45, 7) is 0. The molecular formula is C19H19ClNO5P. The molecule has 0 radical (unpaired) electrons. The van der Waals surface area contributed by atoms with Crippen molar-refractivity contribution >= 4 is 36.3 Å². The molecule has 0 saturated carbocycles. The third kappa shape index (κ3) is 3.85. The van der Waals surface area contributed by atoms with Crippen LogP contribution in [0.5, 0.6) is 0 Å². The molecule has 3 rings (SSSR count). The van der Waals surface area contributed by atoms with Crippen LogP contribution in [0.4, 0.5) is 0 Å². The Kier molecular flexibility index (Phi) is 5.82. The van der Waals surface area contributed by atoms with Crippen LogP contribution in [0.2, 0.25) is 5.02 Å². The lowest BCUT2D eigenvalue weighted by Gasteiger charge is -2.23. The minimum atomic E-state index is -3.32. The summed E-state index contributed by atoms with van der Waals surface area (Å²) in [4.78, 5) is 23.6. The molecule has 27 heavy (non-hydrogen) atoms. The highest BCUT2D eigenvalue weighted by atomic mass is 35.5. The standard InChI is InChI=1S/C19H19ClNO5P/c1-25-27(24,26-2)13-8-6-12(7-9-13)14-4-3-5-15(18(14)20)16-10-11-17(22)21-19(16)23/h3-9,16H,10-11H2,1-2H3,(H,21,22,23)/t16-/m0/s1. The van der Waals surface area contributed by atoms with E-state index in [9.17, 15) is 14.2 Å². The van der Waals surface area contributed by atoms with Crippen molar-refractivity contribution in [1.82, 2.24) is 5.32 Å². The highest BCUT2D eigenvalue weighted by molar-refractivity contribution is 7.62. The van der Waals surface area contributed by atoms with E-state index in [4.69, 9.17) is 20.6 Å². The lowest BCUT2D eigenvalue weighted by atomic mass is 9.88. The van der Waals surface area contributed by atoms with Crippen LogP contribution < -0.4 is 10.6 Å². The first kappa shape index (κ1) is 19.8. The lowest BCUT2D eigenvalue weighted by Crippen LogP contribution is -2.39. The summed E-state index contributed by atoms with van der Waals surface area (Å²) < 4.78 is 22.4. The first-order valence-electron chi connectivity index (χ1n) is 8.34. The second-order valence-electron chi connectivity index (χ2n) is 6.12. The van der Waals surface area contributed by atoms with Crippen LogP contribution in [-0.2, 0) is 23.2 Å². The number of piperidine rings is 1. The van der Waals surface area contributed by atoms with Crippen LogP contribution in [0.25, 0.3) is 11.1 Å². The molecule has 8 heteroatoms. The van der Waals surface area contributed by atoms with Gasteiger partial charge in [-0.1, -0.05) is 41.9 Å². The number of halogens is 1. The molecule has 0 aliphatic carbocycles. The SMILES string of the molecule is COP(=O)(OC)c1ccc(-c2cccc([C@@H]3CCC(=O)NC3=O)c2Cl)cc1. The molecule has 142 valence electrons. The number of benzene rings is 2. The minimum absolute atomic E-state index is 0.264. The van der Waals surface area contributed by atoms with E-state index in [0.29, 0.717) is 22.3 Å². The van der Waals surface area contributed by atoms with E-state index in [1.165, 1.54) is 14.2 Å². The van der Waals surface area contributed by atoms with Crippen molar-refractivity contribution in [3.05, 3.63) is 53.1 Å². The predicted molar refractivity (Wildman–Crippen MR) is 103 cm³/mol. The third-order valence-electron chi connectivity index (χ3n) is 4.62. The molecule has 1 fully saturated rings. The molecule has 0 bridgehead atoms. The van der Waals surface area contributed by atoms with Crippen molar-refractivity contribution < 1.29 is 23.2 Å². The zero-order valence-electron chi connectivity index (χ0n) is 14.9. The largest absolute Gasteiger partial charge is 0.360 e. The summed E-state index contributed by atoms with van der Waals surface area (Å²) in [6.07, 6.45) is 0.715. The van der Waals surface area contributed by atoms with Crippen molar-refractivity contribution in [2.75, 3.05) is 14.2 Å². The number of carbonyl (C=O) groups excluding carboxylic acids is 2. The van der Waals surface area contributed by atoms with Crippen LogP contribution in [0, 0.1) is 0 Å². The summed E-state index contributed by atoms with van der Waals surface area (Å²) in [5.41, 5.74) is 2.23. The Morgan fingerprint density at radius 2 is 1.74 bits per heavy atom. The summed E-state index contributed by atoms with van der Waals surface area (Å²) >= 11 is 6.59. The Labute approximate surface area is 162 Å². The molecule has 1 aliphatic rings. The minimum Gasteiger partial charge on any atom is -0.309 e. The number of hydrogen-bond donors (Lipinski definition) is 1. The van der Waals surface area contributed by atoms with Gasteiger partial charge in [0.1, 0.15) is 0 Å². The quantitative estimate of drug-likeness (QED) is 0.604. The van der Waals surface area contributed by atoms with Gasteiger partial charge in [0.2, 0.25) is 11.8 Å². The third-order valence-corrected chi connectivity index (χ3v) is 6.93. The van der Waals surface area contributed by atoms with Crippen LogP contribution in [0.1, 0.15) is 24.3 Å². The van der Waals surface area contributed by atoms with Crippen molar-refractivity contribution in [1.29, 1.82) is 0 Å². The van der Waals surface area contributed by atoms with Gasteiger partial charge in [-0.15, -0.1) is 0 Å². The Hall–Kier alpha value is -1.98. The fourth-order valence-electron chi connectivity index (χ4n) is 3.14. The van der Waals surface area contributed by atoms with Gasteiger partial charge in [0, 0.05) is 26.2 Å². The smallest absolute Gasteiger partial charge is 0.309 e. The molecular weight excluding hydrogens is 389 g/mol. The Balaban J connectivity index is 1.95. The van der Waals surface area contributed by atoms with E-state index in [-0.39, 0.29) is 18.2 Å². The maximum absolute atomic E-state index is 12.4. The van der Waals surface area contributed by atoms with Crippen molar-refractivity contribution in [2.45, 2.75) is 18.8 Å². The Morgan fingerprint density at radius 1 is 1.07 bits per heavy atom. The molecule has 1 aliphatic heterocycles. The highest BCUT2D eigenvalue weighted by Crippen LogP contribution is 2.45. The fourth-order valence-corrected chi connectivity index (χ4v) is 4.59. The number of hydrogen-bond acceptors (Lipinski definition) is 5. The van der Waals surface area contributed by atoms with Gasteiger partial charge in [0.15, 0.2) is 0 Å². The van der Waals surface area contributed by atoms with Gasteiger partial charge in [-0.25, -0.2) is 0 Å². The molecule has 1 heterocycles. The zero-order chi connectivity index (χ0) is 19.6. The molecule has 0 aromatic heterocycles. The molecule has 6 nitrogen and oxygen atoms in total. The van der Waals surface area contributed by atoms with E-state index in [2.05, 4.69) is 5.32 Å². The van der Waals surface area contributed by atoms with Crippen LogP contribution in [0.3, 0.4) is 0 Å². The Morgan fingerprint density at radius 3 is 2.33 bits per heavy atom. The van der Waals surface area contributed by atoms with E-state index in [0.717, 1.165) is 11.1 Å². The second kappa shape index (κ2) is 7.95. The van der Waals surface area contributed by atoms with Gasteiger partial charge in [-0.2, -0.15) is 0 Å². The zero-order valence-corrected chi connectivity index (χ0v) is 16.5. The predicted octanol–water partition coefficient (Wildman–Crippen LogP) is 3.64. The summed E-state index contributed by atoms with van der Waals surface area (Å²) in [6, 6.07) is 12.3. The van der Waals surface area contributed by atoms with E-state index < -0.39 is 13.5 Å². The number of carbonyl (C=O) groups is 2. The van der Waals surface area contributed by atoms with Crippen molar-refractivity contribution in [3.63, 3.8) is 0 Å². The first-order valence-corrected chi connectivity index (χ1v) is 10.3. The molecule has 0 spiro atoms. The van der Waals surface area contributed by atoms with Gasteiger partial charge in [-0.05, 0) is 29.7 Å². The van der Waals surface area contributed by atoms with Gasteiger partial charge in [0.25, 0.3) is 0 Å². The van der Waals surface area contributed by atoms with E-state index in [1.54, 1.807) is 30.3 Å². The molecule has 2 aromatic rings. The summed E-state index contributed by atoms with van der Waals surface area (Å²) in [5, 5.41) is 3.25. The average molecular weight is 408 g/mol. The van der Waals surface area contributed by atoms with E-state index in [1.807, 2.05) is 12.1 Å². The summed E-state index contributed by atoms with van der Waals surface area (Å²) in [5.74, 6) is -1.06. The van der Waals surface area contributed by atoms with Crippen LogP contribution >= 0.6 is 19.2 Å². The molecule has 0 unspecified atom stereocenters. The van der Waals surface area contributed by atoms with Crippen molar-refractivity contribution in [2.24, 2.45) is 0 Å². The topological polar surface area (TPSA) is 81.7 Å². The van der Waals surface area contributed by atoms with Gasteiger partial charge < -0.3 is 9.05 Å². The average Bonchev–Trinajstić information content (AvgIpc) is 2.68. The Bertz CT molecular complexity index is 920. The van der Waals surface area contributed by atoms with Gasteiger partial charge in [0.05, 0.1) is 16.2 Å². The maximum atomic E-state index is 12.4. The first-order chi connectivity index (χ1) is 12.9. The highest BCUT2D eigenvalue weighted by Gasteiger charge is 2.30. The van der Waals surface area contributed by atoms with Gasteiger partial charge >= 0.3 is 7.60 Å². The van der Waals surface area contributed by atoms with Gasteiger partial charge in [-0.3, -0.25) is 19.5 Å². The lowest BCUT2D eigenvalue weighted by molar-refractivity contribution is -0.134. The van der Waals surface area contributed by atoms with Crippen LogP contribution in [0.15, 0.2) is 42.5 Å². The molecule has 1 saturated heterocycles. The normalized spacial score (nSPS) is 17.7. The van der Waals surface area contributed by atoms with E-state index >= 15 is 0 Å². The fraction of sp³-hybridized carbons (Fsp3) is 0.263. The monoisotopic (exact) mass is 407 g/mol. The molecule has 1 atom stereocenters. The number of amides is 2. The molecule has 2 aromatic carbocycles. The second-order valence-corrected chi connectivity index (χ2v) is 8.74. The number of imide groups is 1. The number of rotatable bonds is 5. The van der Waals surface area contributed by atoms with Crippen LogP contribution in [-0.4, -0.2) is 26.0 Å². The summed E-state index contributed by atoms with van der Waals surface area (Å²) in [7, 11) is -0.657. The molecule has 1 N–H and O–H groups in total.